The molecule has 0 saturated carbocycles. The molecule has 4 nitrogen and oxygen atoms in total. The zero-order valence-corrected chi connectivity index (χ0v) is 9.30. The highest BCUT2D eigenvalue weighted by Crippen LogP contribution is 2.03. The van der Waals surface area contributed by atoms with Gasteiger partial charge in [-0.1, -0.05) is 15.9 Å². The lowest BCUT2D eigenvalue weighted by atomic mass is 10.3. The number of ether oxygens (including phenoxy) is 2. The number of hydrogen-bond donors (Lipinski definition) is 0. The van der Waals surface area contributed by atoms with Crippen LogP contribution in [0.2, 0.25) is 0 Å². The molecule has 76 valence electrons. The number of carbonyl (C=O) groups excluding carboxylic acids is 2. The van der Waals surface area contributed by atoms with Gasteiger partial charge in [0.15, 0.2) is 0 Å². The average Bonchev–Trinajstić information content (AvgIpc) is 2.01. The van der Waals surface area contributed by atoms with E-state index < -0.39 is 0 Å². The van der Waals surface area contributed by atoms with Gasteiger partial charge in [-0.2, -0.15) is 0 Å². The van der Waals surface area contributed by atoms with Gasteiger partial charge in [-0.3, -0.25) is 9.59 Å². The first-order valence-corrected chi connectivity index (χ1v) is 5.05. The van der Waals surface area contributed by atoms with E-state index in [0.717, 1.165) is 0 Å². The second kappa shape index (κ2) is 6.88. The zero-order chi connectivity index (χ0) is 10.3. The van der Waals surface area contributed by atoms with Crippen LogP contribution in [0.4, 0.5) is 0 Å². The van der Waals surface area contributed by atoms with Gasteiger partial charge in [0.05, 0.1) is 6.61 Å². The molecule has 0 aromatic heterocycles. The van der Waals surface area contributed by atoms with Gasteiger partial charge in [-0.15, -0.1) is 0 Å². The van der Waals surface area contributed by atoms with Gasteiger partial charge < -0.3 is 9.47 Å². The quantitative estimate of drug-likeness (QED) is 0.546. The summed E-state index contributed by atoms with van der Waals surface area (Å²) in [6.45, 7) is 2.97. The summed E-state index contributed by atoms with van der Waals surface area (Å²) < 4.78 is 9.61. The van der Waals surface area contributed by atoms with E-state index in [-0.39, 0.29) is 24.6 Å². The summed E-state index contributed by atoms with van der Waals surface area (Å²) in [5.41, 5.74) is 0. The molecule has 0 amide bonds. The van der Waals surface area contributed by atoms with E-state index in [9.17, 15) is 9.59 Å². The summed E-state index contributed by atoms with van der Waals surface area (Å²) in [6, 6.07) is 0. The van der Waals surface area contributed by atoms with Crippen LogP contribution in [0.5, 0.6) is 0 Å². The Morgan fingerprint density at radius 2 is 1.92 bits per heavy atom. The molecular formula is C8H13BrO4. The number of hydrogen-bond acceptors (Lipinski definition) is 4. The lowest BCUT2D eigenvalue weighted by Gasteiger charge is -2.13. The molecular weight excluding hydrogens is 240 g/mol. The van der Waals surface area contributed by atoms with Gasteiger partial charge in [0, 0.05) is 25.6 Å². The first kappa shape index (κ1) is 12.4. The first-order valence-electron chi connectivity index (χ1n) is 3.92. The van der Waals surface area contributed by atoms with E-state index in [2.05, 4.69) is 15.9 Å². The predicted octanol–water partition coefficient (Wildman–Crippen LogP) is 1.27. The Hall–Kier alpha value is -0.580. The van der Waals surface area contributed by atoms with Crippen molar-refractivity contribution < 1.29 is 19.1 Å². The molecule has 1 unspecified atom stereocenters. The summed E-state index contributed by atoms with van der Waals surface area (Å²) in [5.74, 6) is -0.650. The fraction of sp³-hybridized carbons (Fsp3) is 0.750. The molecule has 0 radical (unpaired) electrons. The minimum Gasteiger partial charge on any atom is -0.466 e. The van der Waals surface area contributed by atoms with Crippen molar-refractivity contribution in [2.75, 3.05) is 11.9 Å². The summed E-state index contributed by atoms with van der Waals surface area (Å²) in [5, 5.41) is 0.549. The number of rotatable bonds is 5. The largest absolute Gasteiger partial charge is 0.466 e. The van der Waals surface area contributed by atoms with E-state index in [1.807, 2.05) is 0 Å². The van der Waals surface area contributed by atoms with Crippen molar-refractivity contribution in [1.82, 2.24) is 0 Å². The van der Waals surface area contributed by atoms with Crippen molar-refractivity contribution in [1.29, 1.82) is 0 Å². The van der Waals surface area contributed by atoms with Crippen LogP contribution < -0.4 is 0 Å². The van der Waals surface area contributed by atoms with Crippen molar-refractivity contribution in [2.24, 2.45) is 0 Å². The third-order valence-electron chi connectivity index (χ3n) is 1.25. The van der Waals surface area contributed by atoms with Crippen molar-refractivity contribution in [3.63, 3.8) is 0 Å². The first-order chi connectivity index (χ1) is 6.06. The summed E-state index contributed by atoms with van der Waals surface area (Å²) >= 11 is 3.19. The third-order valence-corrected chi connectivity index (χ3v) is 1.97. The highest BCUT2D eigenvalue weighted by Gasteiger charge is 2.10. The maximum absolute atomic E-state index is 10.6. The predicted molar refractivity (Wildman–Crippen MR) is 50.6 cm³/mol. The number of alkyl halides is 1. The minimum absolute atomic E-state index is 0.225. The minimum atomic E-state index is -0.327. The third kappa shape index (κ3) is 7.77. The number of carbonyl (C=O) groups is 2. The van der Waals surface area contributed by atoms with Gasteiger partial charge in [0.25, 0.3) is 0 Å². The highest BCUT2D eigenvalue weighted by molar-refractivity contribution is 9.09. The highest BCUT2D eigenvalue weighted by atomic mass is 79.9. The van der Waals surface area contributed by atoms with Crippen molar-refractivity contribution in [2.45, 2.75) is 26.4 Å². The molecule has 0 saturated heterocycles. The van der Waals surface area contributed by atoms with E-state index >= 15 is 0 Å². The second-order valence-corrected chi connectivity index (χ2v) is 3.16. The average molecular weight is 253 g/mol. The normalized spacial score (nSPS) is 11.9. The van der Waals surface area contributed by atoms with Crippen LogP contribution in [0.15, 0.2) is 0 Å². The Kier molecular flexibility index (Phi) is 6.58. The summed E-state index contributed by atoms with van der Waals surface area (Å²) in [7, 11) is 0. The van der Waals surface area contributed by atoms with E-state index in [0.29, 0.717) is 11.8 Å². The molecule has 0 aromatic rings. The fourth-order valence-corrected chi connectivity index (χ4v) is 1.19. The molecule has 0 aromatic carbocycles. The van der Waals surface area contributed by atoms with Crippen LogP contribution >= 0.6 is 15.9 Å². The molecule has 0 aliphatic carbocycles. The van der Waals surface area contributed by atoms with Crippen LogP contribution in [0.3, 0.4) is 0 Å². The molecule has 5 heteroatoms. The molecule has 0 spiro atoms. The second-order valence-electron chi connectivity index (χ2n) is 2.51. The molecule has 0 N–H and O–H groups in total. The fourth-order valence-electron chi connectivity index (χ4n) is 0.736. The zero-order valence-electron chi connectivity index (χ0n) is 7.71. The van der Waals surface area contributed by atoms with Crippen LogP contribution in [-0.2, 0) is 19.1 Å². The van der Waals surface area contributed by atoms with Gasteiger partial charge in [-0.25, -0.2) is 0 Å². The van der Waals surface area contributed by atoms with Crippen molar-refractivity contribution >= 4 is 27.9 Å². The standard InChI is InChI=1S/C8H13BrO4/c1-6(10)12-4-3-8(5-9)13-7(2)11/h8H,3-5H2,1-2H3. The molecule has 1 atom stereocenters. The summed E-state index contributed by atoms with van der Waals surface area (Å²) in [4.78, 5) is 21.0. The number of esters is 2. The molecule has 0 rings (SSSR count). The van der Waals surface area contributed by atoms with Gasteiger partial charge >= 0.3 is 11.9 Å². The molecule has 0 bridgehead atoms. The van der Waals surface area contributed by atoms with Crippen LogP contribution in [0, 0.1) is 0 Å². The van der Waals surface area contributed by atoms with Gasteiger partial charge in [-0.05, 0) is 0 Å². The van der Waals surface area contributed by atoms with E-state index in [1.165, 1.54) is 13.8 Å². The van der Waals surface area contributed by atoms with Gasteiger partial charge in [0.1, 0.15) is 6.10 Å². The van der Waals surface area contributed by atoms with Crippen molar-refractivity contribution in [3.05, 3.63) is 0 Å². The Morgan fingerprint density at radius 3 is 2.31 bits per heavy atom. The maximum atomic E-state index is 10.6. The molecule has 0 fully saturated rings. The summed E-state index contributed by atoms with van der Waals surface area (Å²) in [6.07, 6.45) is 0.293. The molecule has 13 heavy (non-hydrogen) atoms. The Bertz CT molecular complexity index is 181. The molecule has 0 heterocycles. The molecule has 0 aliphatic heterocycles. The van der Waals surface area contributed by atoms with Crippen LogP contribution in [0.25, 0.3) is 0 Å². The number of halogens is 1. The van der Waals surface area contributed by atoms with E-state index in [4.69, 9.17) is 9.47 Å². The monoisotopic (exact) mass is 252 g/mol. The van der Waals surface area contributed by atoms with E-state index in [1.54, 1.807) is 0 Å². The molecule has 0 aliphatic rings. The lowest BCUT2D eigenvalue weighted by molar-refractivity contribution is -0.147. The van der Waals surface area contributed by atoms with Crippen LogP contribution in [0.1, 0.15) is 20.3 Å². The SMILES string of the molecule is CC(=O)OCCC(CBr)OC(C)=O. The van der Waals surface area contributed by atoms with Gasteiger partial charge in [0.2, 0.25) is 0 Å². The maximum Gasteiger partial charge on any atom is 0.302 e. The Balaban J connectivity index is 3.59. The van der Waals surface area contributed by atoms with Crippen molar-refractivity contribution in [3.8, 4) is 0 Å². The van der Waals surface area contributed by atoms with Crippen LogP contribution in [-0.4, -0.2) is 30.0 Å². The Labute approximate surface area is 85.7 Å². The Morgan fingerprint density at radius 1 is 1.31 bits per heavy atom. The lowest BCUT2D eigenvalue weighted by Crippen LogP contribution is -2.20. The smallest absolute Gasteiger partial charge is 0.302 e. The topological polar surface area (TPSA) is 52.6 Å².